The molecule has 6 heteroatoms. The van der Waals surface area contributed by atoms with Crippen LogP contribution in [0.1, 0.15) is 32.1 Å². The van der Waals surface area contributed by atoms with Crippen LogP contribution in [0.15, 0.2) is 28.7 Å². The molecule has 0 amide bonds. The molecular formula is C14H20BrNO3S. The summed E-state index contributed by atoms with van der Waals surface area (Å²) in [7, 11) is -3.49. The highest BCUT2D eigenvalue weighted by Gasteiger charge is 2.36. The van der Waals surface area contributed by atoms with Gasteiger partial charge in [-0.1, -0.05) is 31.4 Å². The van der Waals surface area contributed by atoms with E-state index in [-0.39, 0.29) is 11.2 Å². The van der Waals surface area contributed by atoms with Crippen molar-refractivity contribution in [1.29, 1.82) is 0 Å². The molecule has 0 bridgehead atoms. The molecule has 20 heavy (non-hydrogen) atoms. The van der Waals surface area contributed by atoms with E-state index in [0.29, 0.717) is 6.61 Å². The Bertz CT molecular complexity index is 553. The molecule has 0 heterocycles. The molecule has 0 saturated heterocycles. The molecular weight excluding hydrogens is 342 g/mol. The number of sulfonamides is 1. The molecule has 0 atom stereocenters. The van der Waals surface area contributed by atoms with Crippen molar-refractivity contribution in [2.75, 3.05) is 12.4 Å². The molecule has 1 aromatic carbocycles. The van der Waals surface area contributed by atoms with Crippen LogP contribution in [0.4, 0.5) is 0 Å². The molecule has 0 spiro atoms. The van der Waals surface area contributed by atoms with E-state index in [2.05, 4.69) is 15.9 Å². The first kappa shape index (κ1) is 15.8. The van der Waals surface area contributed by atoms with Crippen LogP contribution < -0.4 is 9.88 Å². The molecule has 1 aliphatic rings. The van der Waals surface area contributed by atoms with E-state index in [1.807, 2.05) is 24.3 Å². The lowest BCUT2D eigenvalue weighted by Crippen LogP contribution is -2.40. The van der Waals surface area contributed by atoms with Gasteiger partial charge < -0.3 is 4.74 Å². The van der Waals surface area contributed by atoms with Gasteiger partial charge in [0.05, 0.1) is 16.8 Å². The minimum atomic E-state index is -3.49. The monoisotopic (exact) mass is 361 g/mol. The molecule has 1 aliphatic carbocycles. The van der Waals surface area contributed by atoms with E-state index in [4.69, 9.17) is 9.88 Å². The van der Waals surface area contributed by atoms with Gasteiger partial charge in [-0.25, -0.2) is 13.6 Å². The number of primary sulfonamides is 1. The second-order valence-corrected chi connectivity index (χ2v) is 8.06. The predicted molar refractivity (Wildman–Crippen MR) is 83.1 cm³/mol. The standard InChI is InChI=1S/C14H20BrNO3S/c15-12-6-2-3-7-13(12)19-10-14(11-20(16,17)18)8-4-1-5-9-14/h2-3,6-7H,1,4-5,8-11H2,(H2,16,17,18). The number of benzene rings is 1. The second-order valence-electron chi connectivity index (χ2n) is 5.59. The number of ether oxygens (including phenoxy) is 1. The van der Waals surface area contributed by atoms with Gasteiger partial charge in [-0.3, -0.25) is 0 Å². The smallest absolute Gasteiger partial charge is 0.209 e. The van der Waals surface area contributed by atoms with E-state index < -0.39 is 10.0 Å². The molecule has 2 N–H and O–H groups in total. The summed E-state index contributed by atoms with van der Waals surface area (Å²) >= 11 is 3.43. The van der Waals surface area contributed by atoms with Crippen molar-refractivity contribution in [2.24, 2.45) is 10.6 Å². The van der Waals surface area contributed by atoms with Crippen LogP contribution >= 0.6 is 15.9 Å². The number of nitrogens with two attached hydrogens (primary N) is 1. The highest BCUT2D eigenvalue weighted by Crippen LogP contribution is 2.38. The summed E-state index contributed by atoms with van der Waals surface area (Å²) < 4.78 is 29.7. The maximum Gasteiger partial charge on any atom is 0.209 e. The fourth-order valence-corrected chi connectivity index (χ4v) is 4.48. The van der Waals surface area contributed by atoms with Crippen molar-refractivity contribution >= 4 is 26.0 Å². The van der Waals surface area contributed by atoms with Crippen LogP contribution in [-0.4, -0.2) is 20.8 Å². The first-order chi connectivity index (χ1) is 9.40. The largest absolute Gasteiger partial charge is 0.492 e. The summed E-state index contributed by atoms with van der Waals surface area (Å²) in [5.41, 5.74) is -0.346. The normalized spacial score (nSPS) is 18.7. The Hall–Kier alpha value is -0.590. The SMILES string of the molecule is NS(=O)(=O)CC1(COc2ccccc2Br)CCCCC1. The molecule has 0 aliphatic heterocycles. The molecule has 0 radical (unpaired) electrons. The zero-order chi connectivity index (χ0) is 14.6. The maximum absolute atomic E-state index is 11.5. The Balaban J connectivity index is 2.10. The number of para-hydroxylation sites is 1. The molecule has 0 aromatic heterocycles. The maximum atomic E-state index is 11.5. The van der Waals surface area contributed by atoms with Gasteiger partial charge >= 0.3 is 0 Å². The lowest BCUT2D eigenvalue weighted by atomic mass is 9.76. The van der Waals surface area contributed by atoms with Gasteiger partial charge in [-0.2, -0.15) is 0 Å². The Morgan fingerprint density at radius 3 is 2.45 bits per heavy atom. The van der Waals surface area contributed by atoms with E-state index in [1.165, 1.54) is 0 Å². The van der Waals surface area contributed by atoms with Crippen LogP contribution in [0.25, 0.3) is 0 Å². The Labute approximate surface area is 128 Å². The van der Waals surface area contributed by atoms with Crippen molar-refractivity contribution in [3.8, 4) is 5.75 Å². The Morgan fingerprint density at radius 2 is 1.85 bits per heavy atom. The van der Waals surface area contributed by atoms with Gasteiger partial charge in [0.1, 0.15) is 5.75 Å². The second kappa shape index (κ2) is 6.45. The minimum absolute atomic E-state index is 0.00442. The van der Waals surface area contributed by atoms with Crippen molar-refractivity contribution in [1.82, 2.24) is 0 Å². The number of hydrogen-bond acceptors (Lipinski definition) is 3. The molecule has 4 nitrogen and oxygen atoms in total. The van der Waals surface area contributed by atoms with E-state index in [9.17, 15) is 8.42 Å². The first-order valence-corrected chi connectivity index (χ1v) is 9.29. The van der Waals surface area contributed by atoms with Gasteiger partial charge in [0.15, 0.2) is 0 Å². The van der Waals surface area contributed by atoms with Gasteiger partial charge in [0.25, 0.3) is 0 Å². The zero-order valence-corrected chi connectivity index (χ0v) is 13.7. The van der Waals surface area contributed by atoms with Crippen molar-refractivity contribution in [3.63, 3.8) is 0 Å². The number of hydrogen-bond donors (Lipinski definition) is 1. The summed E-state index contributed by atoms with van der Waals surface area (Å²) in [5, 5.41) is 5.26. The molecule has 2 rings (SSSR count). The van der Waals surface area contributed by atoms with E-state index >= 15 is 0 Å². The van der Waals surface area contributed by atoms with Crippen molar-refractivity contribution < 1.29 is 13.2 Å². The molecule has 1 aromatic rings. The van der Waals surface area contributed by atoms with Crippen molar-refractivity contribution in [2.45, 2.75) is 32.1 Å². The fourth-order valence-electron chi connectivity index (χ4n) is 2.85. The first-order valence-electron chi connectivity index (χ1n) is 6.78. The van der Waals surface area contributed by atoms with Gasteiger partial charge in [0, 0.05) is 5.41 Å². The van der Waals surface area contributed by atoms with E-state index in [0.717, 1.165) is 42.3 Å². The van der Waals surface area contributed by atoms with Crippen LogP contribution in [0.3, 0.4) is 0 Å². The third-order valence-electron chi connectivity index (χ3n) is 3.79. The Morgan fingerprint density at radius 1 is 1.20 bits per heavy atom. The Kier molecular flexibility index (Phi) is 5.09. The third kappa shape index (κ3) is 4.46. The topological polar surface area (TPSA) is 69.4 Å². The molecule has 0 unspecified atom stereocenters. The molecule has 1 saturated carbocycles. The average Bonchev–Trinajstić information content (AvgIpc) is 2.37. The minimum Gasteiger partial charge on any atom is -0.492 e. The predicted octanol–water partition coefficient (Wildman–Crippen LogP) is 3.07. The third-order valence-corrected chi connectivity index (χ3v) is 5.46. The number of rotatable bonds is 5. The summed E-state index contributed by atoms with van der Waals surface area (Å²) in [4.78, 5) is 0. The average molecular weight is 362 g/mol. The van der Waals surface area contributed by atoms with Crippen LogP contribution in [0.2, 0.25) is 0 Å². The summed E-state index contributed by atoms with van der Waals surface area (Å²) in [6, 6.07) is 7.59. The van der Waals surface area contributed by atoms with Crippen molar-refractivity contribution in [3.05, 3.63) is 28.7 Å². The number of halogens is 1. The molecule has 1 fully saturated rings. The lowest BCUT2D eigenvalue weighted by Gasteiger charge is -2.36. The van der Waals surface area contributed by atoms with Gasteiger partial charge in [-0.15, -0.1) is 0 Å². The van der Waals surface area contributed by atoms with Gasteiger partial charge in [-0.05, 0) is 40.9 Å². The molecule has 112 valence electrons. The summed E-state index contributed by atoms with van der Waals surface area (Å²) in [5.74, 6) is 0.747. The van der Waals surface area contributed by atoms with Crippen LogP contribution in [-0.2, 0) is 10.0 Å². The lowest BCUT2D eigenvalue weighted by molar-refractivity contribution is 0.118. The summed E-state index contributed by atoms with van der Waals surface area (Å²) in [6.45, 7) is 0.395. The van der Waals surface area contributed by atoms with Crippen LogP contribution in [0.5, 0.6) is 5.75 Å². The zero-order valence-electron chi connectivity index (χ0n) is 11.3. The highest BCUT2D eigenvalue weighted by atomic mass is 79.9. The quantitative estimate of drug-likeness (QED) is 0.875. The fraction of sp³-hybridized carbons (Fsp3) is 0.571. The highest BCUT2D eigenvalue weighted by molar-refractivity contribution is 9.10. The van der Waals surface area contributed by atoms with E-state index in [1.54, 1.807) is 0 Å². The van der Waals surface area contributed by atoms with Crippen LogP contribution in [0, 0.1) is 5.41 Å². The summed E-state index contributed by atoms with van der Waals surface area (Å²) in [6.07, 6.45) is 4.94. The van der Waals surface area contributed by atoms with Gasteiger partial charge in [0.2, 0.25) is 10.0 Å².